The number of rotatable bonds is 9. The summed E-state index contributed by atoms with van der Waals surface area (Å²) < 4.78 is 39.4. The zero-order valence-corrected chi connectivity index (χ0v) is 18.2. The summed E-state index contributed by atoms with van der Waals surface area (Å²) in [4.78, 5) is 24.5. The number of carbonyl (C=O) groups excluding carboxylic acids is 1. The number of nitrogens with zero attached hydrogens (tertiary/aromatic N) is 2. The SMILES string of the molecule is COC1CC(COS(=O)(=O)COC(=O)N(C(C)C)C(C)C)C([N+](=O)[O-])CC1C. The zero-order chi connectivity index (χ0) is 21.6. The van der Waals surface area contributed by atoms with Crippen molar-refractivity contribution in [1.29, 1.82) is 0 Å². The smallest absolute Gasteiger partial charge is 0.411 e. The maximum absolute atomic E-state index is 12.1. The Bertz CT molecular complexity index is 629. The molecule has 10 nitrogen and oxygen atoms in total. The molecule has 0 heterocycles. The second-order valence-corrected chi connectivity index (χ2v) is 9.39. The lowest BCUT2D eigenvalue weighted by Gasteiger charge is -2.34. The molecule has 0 aliphatic heterocycles. The molecule has 0 saturated heterocycles. The lowest BCUT2D eigenvalue weighted by Crippen LogP contribution is -2.44. The van der Waals surface area contributed by atoms with Gasteiger partial charge in [-0.1, -0.05) is 6.92 Å². The summed E-state index contributed by atoms with van der Waals surface area (Å²) in [6.07, 6.45) is -0.346. The second kappa shape index (κ2) is 10.4. The highest BCUT2D eigenvalue weighted by Gasteiger charge is 2.42. The molecule has 4 unspecified atom stereocenters. The fraction of sp³-hybridized carbons (Fsp3) is 0.941. The lowest BCUT2D eigenvalue weighted by atomic mass is 9.77. The van der Waals surface area contributed by atoms with E-state index in [1.54, 1.807) is 27.7 Å². The van der Waals surface area contributed by atoms with Gasteiger partial charge in [-0.05, 0) is 40.0 Å². The van der Waals surface area contributed by atoms with Crippen molar-refractivity contribution in [3.63, 3.8) is 0 Å². The number of methoxy groups -OCH3 is 1. The molecular weight excluding hydrogens is 392 g/mol. The van der Waals surface area contributed by atoms with E-state index in [2.05, 4.69) is 0 Å². The third-order valence-corrected chi connectivity index (χ3v) is 5.91. The number of hydrogen-bond donors (Lipinski definition) is 0. The number of hydrogen-bond acceptors (Lipinski definition) is 8. The van der Waals surface area contributed by atoms with Crippen LogP contribution in [-0.2, 0) is 23.8 Å². The average molecular weight is 425 g/mol. The Hall–Kier alpha value is -1.46. The van der Waals surface area contributed by atoms with Gasteiger partial charge in [0.2, 0.25) is 12.0 Å². The molecule has 0 spiro atoms. The average Bonchev–Trinajstić information content (AvgIpc) is 2.58. The van der Waals surface area contributed by atoms with Crippen LogP contribution in [0.25, 0.3) is 0 Å². The Morgan fingerprint density at radius 3 is 2.25 bits per heavy atom. The van der Waals surface area contributed by atoms with Gasteiger partial charge in [0.25, 0.3) is 0 Å². The second-order valence-electron chi connectivity index (χ2n) is 7.80. The third-order valence-electron chi connectivity index (χ3n) is 5.01. The first kappa shape index (κ1) is 24.6. The first-order valence-electron chi connectivity index (χ1n) is 9.38. The van der Waals surface area contributed by atoms with Crippen LogP contribution in [-0.4, -0.2) is 68.2 Å². The van der Waals surface area contributed by atoms with Crippen LogP contribution in [0.3, 0.4) is 0 Å². The zero-order valence-electron chi connectivity index (χ0n) is 17.4. The minimum absolute atomic E-state index is 0.00716. The molecule has 0 radical (unpaired) electrons. The number of amides is 1. The van der Waals surface area contributed by atoms with E-state index in [0.29, 0.717) is 6.42 Å². The molecule has 1 rings (SSSR count). The summed E-state index contributed by atoms with van der Waals surface area (Å²) in [6.45, 7) is 8.69. The Kier molecular flexibility index (Phi) is 9.09. The van der Waals surface area contributed by atoms with E-state index in [9.17, 15) is 23.3 Å². The summed E-state index contributed by atoms with van der Waals surface area (Å²) in [5, 5.41) is 11.3. The minimum Gasteiger partial charge on any atom is -0.430 e. The summed E-state index contributed by atoms with van der Waals surface area (Å²) in [5.74, 6) is -1.56. The molecule has 0 aromatic heterocycles. The van der Waals surface area contributed by atoms with Crippen LogP contribution in [0.2, 0.25) is 0 Å². The molecule has 0 aromatic carbocycles. The monoisotopic (exact) mass is 424 g/mol. The van der Waals surface area contributed by atoms with Gasteiger partial charge in [-0.2, -0.15) is 8.42 Å². The fourth-order valence-corrected chi connectivity index (χ4v) is 4.31. The van der Waals surface area contributed by atoms with Gasteiger partial charge < -0.3 is 14.4 Å². The molecule has 1 amide bonds. The molecule has 0 aromatic rings. The minimum atomic E-state index is -4.18. The van der Waals surface area contributed by atoms with E-state index in [4.69, 9.17) is 13.7 Å². The molecule has 0 N–H and O–H groups in total. The van der Waals surface area contributed by atoms with Crippen molar-refractivity contribution < 1.29 is 31.8 Å². The largest absolute Gasteiger partial charge is 0.430 e. The van der Waals surface area contributed by atoms with E-state index in [-0.39, 0.29) is 37.1 Å². The van der Waals surface area contributed by atoms with Crippen LogP contribution in [0.4, 0.5) is 4.79 Å². The van der Waals surface area contributed by atoms with Crippen molar-refractivity contribution in [2.45, 2.75) is 71.7 Å². The van der Waals surface area contributed by atoms with Crippen molar-refractivity contribution >= 4 is 16.2 Å². The quantitative estimate of drug-likeness (QED) is 0.313. The Morgan fingerprint density at radius 1 is 1.21 bits per heavy atom. The molecule has 1 fully saturated rings. The fourth-order valence-electron chi connectivity index (χ4n) is 3.62. The van der Waals surface area contributed by atoms with Crippen molar-refractivity contribution in [1.82, 2.24) is 4.90 Å². The molecule has 1 saturated carbocycles. The third kappa shape index (κ3) is 6.85. The highest BCUT2D eigenvalue weighted by molar-refractivity contribution is 7.86. The first-order chi connectivity index (χ1) is 12.9. The van der Waals surface area contributed by atoms with Gasteiger partial charge in [-0.25, -0.2) is 4.79 Å². The van der Waals surface area contributed by atoms with Crippen LogP contribution < -0.4 is 0 Å². The van der Waals surface area contributed by atoms with E-state index in [1.807, 2.05) is 6.92 Å². The van der Waals surface area contributed by atoms with Gasteiger partial charge in [0.15, 0.2) is 0 Å². The lowest BCUT2D eigenvalue weighted by molar-refractivity contribution is -0.539. The predicted octanol–water partition coefficient (Wildman–Crippen LogP) is 2.25. The van der Waals surface area contributed by atoms with E-state index in [1.165, 1.54) is 12.0 Å². The van der Waals surface area contributed by atoms with Crippen molar-refractivity contribution in [3.8, 4) is 0 Å². The molecule has 11 heteroatoms. The molecule has 164 valence electrons. The maximum Gasteiger partial charge on any atom is 0.411 e. The number of carbonyl (C=O) groups is 1. The van der Waals surface area contributed by atoms with E-state index < -0.39 is 39.0 Å². The van der Waals surface area contributed by atoms with Crippen molar-refractivity contribution in [3.05, 3.63) is 10.1 Å². The normalized spacial score (nSPS) is 25.7. The van der Waals surface area contributed by atoms with Gasteiger partial charge in [-0.15, -0.1) is 0 Å². The standard InChI is InChI=1S/C17H32N2O8S/c1-11(2)18(12(3)4)17(20)26-10-28(23,24)27-9-14-8-16(25-6)13(5)7-15(14)19(21)22/h11-16H,7-10H2,1-6H3. The number of ether oxygens (including phenoxy) is 2. The summed E-state index contributed by atoms with van der Waals surface area (Å²) in [5.41, 5.74) is 0. The maximum atomic E-state index is 12.1. The van der Waals surface area contributed by atoms with E-state index in [0.717, 1.165) is 0 Å². The predicted molar refractivity (Wildman–Crippen MR) is 102 cm³/mol. The van der Waals surface area contributed by atoms with Crippen LogP contribution >= 0.6 is 0 Å². The van der Waals surface area contributed by atoms with Crippen molar-refractivity contribution in [2.24, 2.45) is 11.8 Å². The van der Waals surface area contributed by atoms with Crippen LogP contribution in [0.5, 0.6) is 0 Å². The molecule has 28 heavy (non-hydrogen) atoms. The van der Waals surface area contributed by atoms with Crippen LogP contribution in [0, 0.1) is 22.0 Å². The molecule has 0 bridgehead atoms. The van der Waals surface area contributed by atoms with Crippen LogP contribution in [0.1, 0.15) is 47.5 Å². The number of nitro groups is 1. The molecular formula is C17H32N2O8S. The van der Waals surface area contributed by atoms with Gasteiger partial charge in [0.1, 0.15) is 0 Å². The highest BCUT2D eigenvalue weighted by atomic mass is 32.2. The Morgan fingerprint density at radius 2 is 1.79 bits per heavy atom. The van der Waals surface area contributed by atoms with Crippen LogP contribution in [0.15, 0.2) is 0 Å². The highest BCUT2D eigenvalue weighted by Crippen LogP contribution is 2.33. The topological polar surface area (TPSA) is 125 Å². The summed E-state index contributed by atoms with van der Waals surface area (Å²) in [7, 11) is -2.66. The van der Waals surface area contributed by atoms with Crippen molar-refractivity contribution in [2.75, 3.05) is 19.7 Å². The van der Waals surface area contributed by atoms with Gasteiger partial charge in [0.05, 0.1) is 18.6 Å². The first-order valence-corrected chi connectivity index (χ1v) is 11.0. The Labute approximate surface area is 166 Å². The van der Waals surface area contributed by atoms with Gasteiger partial charge in [0, 0.05) is 30.5 Å². The molecule has 1 aliphatic rings. The van der Waals surface area contributed by atoms with Gasteiger partial charge >= 0.3 is 16.2 Å². The Balaban J connectivity index is 2.68. The molecule has 4 atom stereocenters. The van der Waals surface area contributed by atoms with E-state index >= 15 is 0 Å². The summed E-state index contributed by atoms with van der Waals surface area (Å²) in [6, 6.07) is -1.23. The summed E-state index contributed by atoms with van der Waals surface area (Å²) >= 11 is 0. The van der Waals surface area contributed by atoms with Gasteiger partial charge in [-0.3, -0.25) is 14.3 Å². The molecule has 1 aliphatic carbocycles.